The summed E-state index contributed by atoms with van der Waals surface area (Å²) >= 11 is 0. The fourth-order valence-corrected chi connectivity index (χ4v) is 4.56. The van der Waals surface area contributed by atoms with Gasteiger partial charge >= 0.3 is 8.80 Å². The van der Waals surface area contributed by atoms with Crippen molar-refractivity contribution in [1.29, 1.82) is 0 Å². The van der Waals surface area contributed by atoms with Gasteiger partial charge in [-0.2, -0.15) is 0 Å². The highest BCUT2D eigenvalue weighted by molar-refractivity contribution is 6.61. The Labute approximate surface area is 90.6 Å². The Balaban J connectivity index is 2.18. The molecule has 2 aliphatic rings. The first-order chi connectivity index (χ1) is 7.12. The number of aliphatic hydroxyl groups is 1. The van der Waals surface area contributed by atoms with Crippen molar-refractivity contribution in [3.63, 3.8) is 0 Å². The van der Waals surface area contributed by atoms with Gasteiger partial charge in [0.15, 0.2) is 6.29 Å². The van der Waals surface area contributed by atoms with E-state index in [1.54, 1.807) is 7.11 Å². The van der Waals surface area contributed by atoms with Crippen LogP contribution in [0.3, 0.4) is 0 Å². The lowest BCUT2D eigenvalue weighted by Crippen LogP contribution is -2.66. The van der Waals surface area contributed by atoms with Crippen LogP contribution < -0.4 is 0 Å². The zero-order valence-corrected chi connectivity index (χ0v) is 10.3. The molecule has 2 bridgehead atoms. The first-order valence-electron chi connectivity index (χ1n) is 5.32. The largest absolute Gasteiger partial charge is 0.503 e. The Hall–Kier alpha value is 0.0169. The average molecular weight is 234 g/mol. The molecule has 2 saturated heterocycles. The molecule has 0 aromatic carbocycles. The molecular formula is C9H18O5Si. The summed E-state index contributed by atoms with van der Waals surface area (Å²) in [5.74, 6) is -0.0778. The summed E-state index contributed by atoms with van der Waals surface area (Å²) in [4.78, 5) is 0. The van der Waals surface area contributed by atoms with Crippen LogP contribution >= 0.6 is 0 Å². The monoisotopic (exact) mass is 234 g/mol. The normalized spacial score (nSPS) is 50.4. The molecule has 6 heteroatoms. The molecule has 15 heavy (non-hydrogen) atoms. The van der Waals surface area contributed by atoms with Gasteiger partial charge in [-0.05, 0) is 0 Å². The van der Waals surface area contributed by atoms with Crippen molar-refractivity contribution in [3.05, 3.63) is 0 Å². The zero-order chi connectivity index (χ0) is 11.1. The second-order valence-electron chi connectivity index (χ2n) is 4.07. The Morgan fingerprint density at radius 3 is 2.80 bits per heavy atom. The number of rotatable bonds is 2. The summed E-state index contributed by atoms with van der Waals surface area (Å²) in [5, 5.41) is 9.79. The van der Waals surface area contributed by atoms with Gasteiger partial charge in [0, 0.05) is 19.1 Å². The van der Waals surface area contributed by atoms with Gasteiger partial charge in [0.05, 0.1) is 12.7 Å². The molecule has 88 valence electrons. The van der Waals surface area contributed by atoms with E-state index >= 15 is 0 Å². The topological polar surface area (TPSA) is 57.2 Å². The minimum atomic E-state index is -2.60. The van der Waals surface area contributed by atoms with E-state index in [0.717, 1.165) is 0 Å². The summed E-state index contributed by atoms with van der Waals surface area (Å²) in [5.41, 5.74) is 0. The van der Waals surface area contributed by atoms with Crippen molar-refractivity contribution in [1.82, 2.24) is 0 Å². The smallest absolute Gasteiger partial charge is 0.376 e. The van der Waals surface area contributed by atoms with E-state index in [9.17, 15) is 5.11 Å². The molecule has 5 atom stereocenters. The van der Waals surface area contributed by atoms with Crippen molar-refractivity contribution in [2.24, 2.45) is 5.92 Å². The van der Waals surface area contributed by atoms with E-state index in [4.69, 9.17) is 18.0 Å². The Kier molecular flexibility index (Phi) is 3.16. The summed E-state index contributed by atoms with van der Waals surface area (Å²) in [6, 6.07) is 0.684. The summed E-state index contributed by atoms with van der Waals surface area (Å²) < 4.78 is 22.3. The maximum absolute atomic E-state index is 9.79. The van der Waals surface area contributed by atoms with E-state index < -0.39 is 15.1 Å². The second-order valence-corrected chi connectivity index (χ2v) is 6.90. The van der Waals surface area contributed by atoms with Gasteiger partial charge in [0.2, 0.25) is 0 Å². The van der Waals surface area contributed by atoms with Crippen molar-refractivity contribution >= 4 is 8.80 Å². The Morgan fingerprint density at radius 2 is 2.20 bits per heavy atom. The van der Waals surface area contributed by atoms with Crippen LogP contribution in [0.4, 0.5) is 0 Å². The molecule has 0 aromatic rings. The minimum absolute atomic E-state index is 0.0778. The highest BCUT2D eigenvalue weighted by atomic mass is 28.4. The minimum Gasteiger partial charge on any atom is -0.376 e. The fraction of sp³-hybridized carbons (Fsp3) is 1.00. The van der Waals surface area contributed by atoms with Crippen LogP contribution in [0, 0.1) is 5.92 Å². The third-order valence-corrected chi connectivity index (χ3v) is 5.86. The Morgan fingerprint density at radius 1 is 1.47 bits per heavy atom. The van der Waals surface area contributed by atoms with Crippen LogP contribution in [0.2, 0.25) is 6.04 Å². The van der Waals surface area contributed by atoms with Crippen LogP contribution in [0.25, 0.3) is 0 Å². The van der Waals surface area contributed by atoms with E-state index in [1.807, 2.05) is 13.8 Å². The van der Waals surface area contributed by atoms with Crippen LogP contribution in [-0.2, 0) is 18.0 Å². The third-order valence-electron chi connectivity index (χ3n) is 3.15. The highest BCUT2D eigenvalue weighted by Gasteiger charge is 2.56. The van der Waals surface area contributed by atoms with Crippen molar-refractivity contribution in [3.8, 4) is 0 Å². The number of hydrogen-bond acceptors (Lipinski definition) is 5. The molecule has 2 aliphatic heterocycles. The van der Waals surface area contributed by atoms with E-state index in [2.05, 4.69) is 0 Å². The van der Waals surface area contributed by atoms with Gasteiger partial charge in [-0.3, -0.25) is 0 Å². The molecule has 0 aromatic heterocycles. The van der Waals surface area contributed by atoms with Gasteiger partial charge < -0.3 is 23.1 Å². The van der Waals surface area contributed by atoms with Crippen LogP contribution in [0.5, 0.6) is 0 Å². The lowest BCUT2D eigenvalue weighted by atomic mass is 9.99. The van der Waals surface area contributed by atoms with Crippen molar-refractivity contribution < 1.29 is 23.1 Å². The third kappa shape index (κ3) is 1.86. The van der Waals surface area contributed by atoms with Crippen LogP contribution in [-0.4, -0.2) is 46.1 Å². The number of fused-ring (bicyclic) bond motifs is 2. The highest BCUT2D eigenvalue weighted by Crippen LogP contribution is 2.36. The first kappa shape index (κ1) is 11.5. The number of methoxy groups -OCH3 is 1. The Bertz CT molecular complexity index is 237. The second kappa shape index (κ2) is 4.12. The molecule has 2 fully saturated rings. The van der Waals surface area contributed by atoms with Gasteiger partial charge in [-0.1, -0.05) is 13.8 Å². The van der Waals surface area contributed by atoms with Gasteiger partial charge in [0.1, 0.15) is 6.10 Å². The van der Waals surface area contributed by atoms with Crippen molar-refractivity contribution in [2.45, 2.75) is 38.4 Å². The SMILES string of the molecule is CC[Si]12OCC(OC)C(O1)C(C)C(O)O2. The van der Waals surface area contributed by atoms with Crippen LogP contribution in [0.1, 0.15) is 13.8 Å². The maximum Gasteiger partial charge on any atom is 0.503 e. The average Bonchev–Trinajstić information content (AvgIpc) is 2.26. The number of aliphatic hydroxyl groups excluding tert-OH is 1. The molecule has 1 N–H and O–H groups in total. The molecule has 0 saturated carbocycles. The van der Waals surface area contributed by atoms with Crippen LogP contribution in [0.15, 0.2) is 0 Å². The summed E-state index contributed by atoms with van der Waals surface area (Å²) in [6.07, 6.45) is -1.02. The maximum atomic E-state index is 9.79. The van der Waals surface area contributed by atoms with Gasteiger partial charge in [0.25, 0.3) is 0 Å². The standard InChI is InChI=1S/C9H18O5Si/c1-4-15-12-5-7(11-3)8(13-15)6(2)9(10)14-15/h6-10H,4-5H2,1-3H3. The molecule has 2 heterocycles. The number of ether oxygens (including phenoxy) is 1. The molecule has 0 radical (unpaired) electrons. The molecule has 5 unspecified atom stereocenters. The van der Waals surface area contributed by atoms with Gasteiger partial charge in [-0.25, -0.2) is 0 Å². The van der Waals surface area contributed by atoms with E-state index in [0.29, 0.717) is 12.7 Å². The molecule has 2 rings (SSSR count). The lowest BCUT2D eigenvalue weighted by Gasteiger charge is -2.49. The summed E-state index contributed by atoms with van der Waals surface area (Å²) in [6.45, 7) is 4.36. The predicted octanol–water partition coefficient (Wildman–Crippen LogP) is 0.360. The lowest BCUT2D eigenvalue weighted by molar-refractivity contribution is -0.228. The van der Waals surface area contributed by atoms with Crippen molar-refractivity contribution in [2.75, 3.05) is 13.7 Å². The molecule has 0 aliphatic carbocycles. The molecule has 5 nitrogen and oxygen atoms in total. The van der Waals surface area contributed by atoms with E-state index in [-0.39, 0.29) is 18.1 Å². The zero-order valence-electron chi connectivity index (χ0n) is 9.30. The predicted molar refractivity (Wildman–Crippen MR) is 54.1 cm³/mol. The molecule has 0 spiro atoms. The van der Waals surface area contributed by atoms with E-state index in [1.165, 1.54) is 0 Å². The first-order valence-corrected chi connectivity index (χ1v) is 7.25. The number of hydrogen-bond donors (Lipinski definition) is 1. The summed E-state index contributed by atoms with van der Waals surface area (Å²) in [7, 11) is -0.968. The van der Waals surface area contributed by atoms with Gasteiger partial charge in [-0.15, -0.1) is 0 Å². The molecule has 0 amide bonds. The quantitative estimate of drug-likeness (QED) is 0.699. The fourth-order valence-electron chi connectivity index (χ4n) is 2.05. The molecular weight excluding hydrogens is 216 g/mol.